The zero-order valence-electron chi connectivity index (χ0n) is 17.5. The highest BCUT2D eigenvalue weighted by molar-refractivity contribution is 5.97. The minimum absolute atomic E-state index is 0.00443. The highest BCUT2D eigenvalue weighted by Crippen LogP contribution is 2.18. The molecule has 0 aliphatic rings. The number of halogens is 1. The van der Waals surface area contributed by atoms with Crippen LogP contribution in [0.3, 0.4) is 0 Å². The van der Waals surface area contributed by atoms with E-state index in [1.54, 1.807) is 56.5 Å². The molecule has 31 heavy (non-hydrogen) atoms. The normalized spacial score (nSPS) is 11.5. The van der Waals surface area contributed by atoms with E-state index in [0.29, 0.717) is 17.0 Å². The predicted molar refractivity (Wildman–Crippen MR) is 118 cm³/mol. The molecule has 3 aromatic carbocycles. The Morgan fingerprint density at radius 1 is 0.968 bits per heavy atom. The number of amides is 2. The lowest BCUT2D eigenvalue weighted by Gasteiger charge is -2.29. The standard InChI is InChI=1S/C25H25FN2O3/c1-18(25(30)27-21-12-14-22(31-2)15-13-21)28(17-20-10-6-7-11-23(20)26)24(29)16-19-8-4-3-5-9-19/h3-15,18H,16-17H2,1-2H3,(H,27,30)/t18-/m1/s1. The summed E-state index contributed by atoms with van der Waals surface area (Å²) in [6.07, 6.45) is 0.120. The van der Waals surface area contributed by atoms with Crippen molar-refractivity contribution in [3.8, 4) is 5.75 Å². The van der Waals surface area contributed by atoms with E-state index in [0.717, 1.165) is 5.56 Å². The molecule has 0 saturated carbocycles. The van der Waals surface area contributed by atoms with E-state index < -0.39 is 11.9 Å². The van der Waals surface area contributed by atoms with Crippen molar-refractivity contribution in [3.05, 3.63) is 95.8 Å². The van der Waals surface area contributed by atoms with Crippen molar-refractivity contribution in [1.82, 2.24) is 4.90 Å². The maximum Gasteiger partial charge on any atom is 0.246 e. The van der Waals surface area contributed by atoms with E-state index in [-0.39, 0.29) is 24.8 Å². The fourth-order valence-corrected chi connectivity index (χ4v) is 3.19. The predicted octanol–water partition coefficient (Wildman–Crippen LogP) is 4.43. The smallest absolute Gasteiger partial charge is 0.246 e. The van der Waals surface area contributed by atoms with Crippen LogP contribution in [0.5, 0.6) is 5.75 Å². The van der Waals surface area contributed by atoms with Gasteiger partial charge in [0, 0.05) is 17.8 Å². The molecule has 1 atom stereocenters. The van der Waals surface area contributed by atoms with Crippen molar-refractivity contribution >= 4 is 17.5 Å². The Balaban J connectivity index is 1.80. The maximum atomic E-state index is 14.3. The van der Waals surface area contributed by atoms with Gasteiger partial charge in [-0.3, -0.25) is 9.59 Å². The number of nitrogens with zero attached hydrogens (tertiary/aromatic N) is 1. The molecule has 0 radical (unpaired) electrons. The Bertz CT molecular complexity index is 1020. The second-order valence-electron chi connectivity index (χ2n) is 7.17. The lowest BCUT2D eigenvalue weighted by molar-refractivity contribution is -0.138. The molecule has 3 rings (SSSR count). The number of ether oxygens (including phenoxy) is 1. The van der Waals surface area contributed by atoms with E-state index in [4.69, 9.17) is 4.74 Å². The Kier molecular flexibility index (Phi) is 7.38. The van der Waals surface area contributed by atoms with Gasteiger partial charge < -0.3 is 15.0 Å². The summed E-state index contributed by atoms with van der Waals surface area (Å²) in [4.78, 5) is 27.4. The number of nitrogens with one attached hydrogen (secondary N) is 1. The summed E-state index contributed by atoms with van der Waals surface area (Å²) < 4.78 is 19.4. The summed E-state index contributed by atoms with van der Waals surface area (Å²) in [6, 6.07) is 21.6. The first-order chi connectivity index (χ1) is 15.0. The summed E-state index contributed by atoms with van der Waals surface area (Å²) in [5, 5.41) is 2.81. The molecule has 0 bridgehead atoms. The quantitative estimate of drug-likeness (QED) is 0.586. The average Bonchev–Trinajstić information content (AvgIpc) is 2.79. The Morgan fingerprint density at radius 3 is 2.26 bits per heavy atom. The molecule has 0 unspecified atom stereocenters. The van der Waals surface area contributed by atoms with Crippen molar-refractivity contribution in [1.29, 1.82) is 0 Å². The summed E-state index contributed by atoms with van der Waals surface area (Å²) in [5.74, 6) is -0.359. The molecule has 0 saturated heterocycles. The van der Waals surface area contributed by atoms with Crippen LogP contribution in [0.1, 0.15) is 18.1 Å². The Labute approximate surface area is 181 Å². The summed E-state index contributed by atoms with van der Waals surface area (Å²) in [5.41, 5.74) is 1.76. The lowest BCUT2D eigenvalue weighted by Crippen LogP contribution is -2.46. The van der Waals surface area contributed by atoms with Gasteiger partial charge in [-0.05, 0) is 42.8 Å². The number of hydrogen-bond acceptors (Lipinski definition) is 3. The van der Waals surface area contributed by atoms with Gasteiger partial charge in [0.1, 0.15) is 17.6 Å². The number of hydrogen-bond donors (Lipinski definition) is 1. The number of carbonyl (C=O) groups is 2. The second-order valence-corrected chi connectivity index (χ2v) is 7.17. The average molecular weight is 420 g/mol. The van der Waals surface area contributed by atoms with Crippen molar-refractivity contribution in [3.63, 3.8) is 0 Å². The van der Waals surface area contributed by atoms with E-state index in [1.165, 1.54) is 11.0 Å². The molecule has 0 fully saturated rings. The lowest BCUT2D eigenvalue weighted by atomic mass is 10.1. The van der Waals surface area contributed by atoms with Crippen LogP contribution in [-0.4, -0.2) is 29.9 Å². The first-order valence-corrected chi connectivity index (χ1v) is 9.99. The summed E-state index contributed by atoms with van der Waals surface area (Å²) >= 11 is 0. The molecule has 3 aromatic rings. The van der Waals surface area contributed by atoms with E-state index in [2.05, 4.69) is 5.32 Å². The van der Waals surface area contributed by atoms with Crippen LogP contribution < -0.4 is 10.1 Å². The van der Waals surface area contributed by atoms with Crippen molar-refractivity contribution < 1.29 is 18.7 Å². The minimum atomic E-state index is -0.807. The monoisotopic (exact) mass is 420 g/mol. The highest BCUT2D eigenvalue weighted by atomic mass is 19.1. The Morgan fingerprint density at radius 2 is 1.61 bits per heavy atom. The first-order valence-electron chi connectivity index (χ1n) is 9.99. The second kappa shape index (κ2) is 10.4. The van der Waals surface area contributed by atoms with Crippen LogP contribution >= 0.6 is 0 Å². The van der Waals surface area contributed by atoms with Crippen LogP contribution in [0, 0.1) is 5.82 Å². The van der Waals surface area contributed by atoms with Gasteiger partial charge in [-0.1, -0.05) is 48.5 Å². The van der Waals surface area contributed by atoms with Crippen molar-refractivity contribution in [2.45, 2.75) is 25.9 Å². The van der Waals surface area contributed by atoms with Gasteiger partial charge in [0.05, 0.1) is 13.5 Å². The molecule has 0 aliphatic heterocycles. The molecule has 0 heterocycles. The zero-order valence-corrected chi connectivity index (χ0v) is 17.5. The van der Waals surface area contributed by atoms with Gasteiger partial charge >= 0.3 is 0 Å². The fraction of sp³-hybridized carbons (Fsp3) is 0.200. The van der Waals surface area contributed by atoms with Gasteiger partial charge in [0.15, 0.2) is 0 Å². The summed E-state index contributed by atoms with van der Waals surface area (Å²) in [6.45, 7) is 1.64. The Hall–Kier alpha value is -3.67. The van der Waals surface area contributed by atoms with Gasteiger partial charge in [0.25, 0.3) is 0 Å². The number of carbonyl (C=O) groups excluding carboxylic acids is 2. The largest absolute Gasteiger partial charge is 0.497 e. The van der Waals surface area contributed by atoms with Crippen LogP contribution in [0.4, 0.5) is 10.1 Å². The first kappa shape index (κ1) is 22.0. The molecule has 2 amide bonds. The third-order valence-electron chi connectivity index (χ3n) is 5.02. The molecule has 0 aromatic heterocycles. The topological polar surface area (TPSA) is 58.6 Å². The molecular weight excluding hydrogens is 395 g/mol. The number of methoxy groups -OCH3 is 1. The van der Waals surface area contributed by atoms with Gasteiger partial charge in [-0.2, -0.15) is 0 Å². The van der Waals surface area contributed by atoms with Crippen LogP contribution in [-0.2, 0) is 22.6 Å². The minimum Gasteiger partial charge on any atom is -0.497 e. The van der Waals surface area contributed by atoms with E-state index >= 15 is 0 Å². The molecule has 6 heteroatoms. The van der Waals surface area contributed by atoms with Crippen LogP contribution in [0.2, 0.25) is 0 Å². The van der Waals surface area contributed by atoms with Crippen molar-refractivity contribution in [2.75, 3.05) is 12.4 Å². The molecule has 0 spiro atoms. The molecule has 5 nitrogen and oxygen atoms in total. The SMILES string of the molecule is COc1ccc(NC(=O)[C@@H](C)N(Cc2ccccc2F)C(=O)Cc2ccccc2)cc1. The molecule has 0 aliphatic carbocycles. The van der Waals surface area contributed by atoms with Crippen LogP contribution in [0.15, 0.2) is 78.9 Å². The fourth-order valence-electron chi connectivity index (χ4n) is 3.19. The maximum absolute atomic E-state index is 14.3. The number of benzene rings is 3. The highest BCUT2D eigenvalue weighted by Gasteiger charge is 2.27. The van der Waals surface area contributed by atoms with E-state index in [1.807, 2.05) is 30.3 Å². The van der Waals surface area contributed by atoms with Gasteiger partial charge in [0.2, 0.25) is 11.8 Å². The van der Waals surface area contributed by atoms with Crippen molar-refractivity contribution in [2.24, 2.45) is 0 Å². The summed E-state index contributed by atoms with van der Waals surface area (Å²) in [7, 11) is 1.56. The molecular formula is C25H25FN2O3. The number of rotatable bonds is 8. The molecule has 160 valence electrons. The van der Waals surface area contributed by atoms with Crippen LogP contribution in [0.25, 0.3) is 0 Å². The van der Waals surface area contributed by atoms with Gasteiger partial charge in [-0.25, -0.2) is 4.39 Å². The van der Waals surface area contributed by atoms with Gasteiger partial charge in [-0.15, -0.1) is 0 Å². The third-order valence-corrected chi connectivity index (χ3v) is 5.02. The molecule has 1 N–H and O–H groups in total. The zero-order chi connectivity index (χ0) is 22.2. The number of anilines is 1. The third kappa shape index (κ3) is 5.92. The van der Waals surface area contributed by atoms with E-state index in [9.17, 15) is 14.0 Å².